The summed E-state index contributed by atoms with van der Waals surface area (Å²) in [4.78, 5) is 25.0. The topological polar surface area (TPSA) is 137 Å². The molecule has 8 nitrogen and oxygen atoms in total. The van der Waals surface area contributed by atoms with Gasteiger partial charge in [-0.25, -0.2) is 0 Å². The minimum absolute atomic E-state index is 0.0439. The first-order valence-electron chi connectivity index (χ1n) is 5.20. The number of nitrogens with one attached hydrogen (secondary N) is 1. The Hall–Kier alpha value is -1.96. The van der Waals surface area contributed by atoms with E-state index in [0.29, 0.717) is 13.0 Å². The van der Waals surface area contributed by atoms with Crippen molar-refractivity contribution in [3.05, 3.63) is 16.0 Å². The number of hydrogen-bond donors (Lipinski definition) is 3. The first-order valence-corrected chi connectivity index (χ1v) is 5.20. The monoisotopic (exact) mass is 239 g/mol. The Balaban J connectivity index is 2.15. The molecule has 2 rings (SSSR count). The number of nitrogens with zero attached hydrogens (tertiary/aromatic N) is 2. The molecule has 0 spiro atoms. The molecule has 1 aliphatic rings. The number of anilines is 1. The minimum atomic E-state index is -0.424. The van der Waals surface area contributed by atoms with E-state index < -0.39 is 17.6 Å². The molecule has 92 valence electrons. The van der Waals surface area contributed by atoms with Crippen LogP contribution in [0.5, 0.6) is 0 Å². The number of amides is 1. The largest absolute Gasteiger partial charge is 0.377 e. The van der Waals surface area contributed by atoms with Crippen molar-refractivity contribution in [3.8, 4) is 0 Å². The standard InChI is InChI=1S/C9H13N5O3/c10-7(15)4-1-2-17-6(4)3-5-8(16)12-9(11)14-13-5/h4,6H,1-3H2,(H2,10,15)(H3,11,12,14,16). The smallest absolute Gasteiger partial charge is 0.274 e. The molecule has 1 aromatic rings. The van der Waals surface area contributed by atoms with Gasteiger partial charge in [0.05, 0.1) is 12.0 Å². The van der Waals surface area contributed by atoms with E-state index in [4.69, 9.17) is 16.2 Å². The van der Waals surface area contributed by atoms with Gasteiger partial charge in [-0.1, -0.05) is 0 Å². The fourth-order valence-electron chi connectivity index (χ4n) is 1.87. The Kier molecular flexibility index (Phi) is 3.05. The van der Waals surface area contributed by atoms with Crippen LogP contribution in [0.1, 0.15) is 12.1 Å². The summed E-state index contributed by atoms with van der Waals surface area (Å²) in [5.74, 6) is -0.848. The Bertz CT molecular complexity index is 486. The van der Waals surface area contributed by atoms with Crippen LogP contribution < -0.4 is 17.0 Å². The molecule has 1 aromatic heterocycles. The van der Waals surface area contributed by atoms with Crippen molar-refractivity contribution in [2.24, 2.45) is 11.7 Å². The zero-order valence-corrected chi connectivity index (χ0v) is 9.05. The number of nitrogens with two attached hydrogens (primary N) is 2. The van der Waals surface area contributed by atoms with Crippen molar-refractivity contribution in [1.82, 2.24) is 15.2 Å². The second-order valence-electron chi connectivity index (χ2n) is 3.90. The molecule has 1 amide bonds. The molecule has 8 heteroatoms. The molecule has 2 heterocycles. The number of carbonyl (C=O) groups is 1. The average molecular weight is 239 g/mol. The first-order chi connectivity index (χ1) is 8.08. The van der Waals surface area contributed by atoms with E-state index >= 15 is 0 Å². The molecule has 0 bridgehead atoms. The molecule has 0 aromatic carbocycles. The molecule has 0 aliphatic carbocycles. The van der Waals surface area contributed by atoms with Gasteiger partial charge in [-0.2, -0.15) is 0 Å². The van der Waals surface area contributed by atoms with Crippen molar-refractivity contribution >= 4 is 11.9 Å². The second kappa shape index (κ2) is 4.50. The molecule has 5 N–H and O–H groups in total. The first kappa shape index (κ1) is 11.5. The van der Waals surface area contributed by atoms with Crippen LogP contribution in [-0.4, -0.2) is 33.8 Å². The van der Waals surface area contributed by atoms with Gasteiger partial charge in [0.15, 0.2) is 0 Å². The van der Waals surface area contributed by atoms with Crippen molar-refractivity contribution in [2.75, 3.05) is 12.3 Å². The summed E-state index contributed by atoms with van der Waals surface area (Å²) in [5, 5.41) is 7.24. The molecular weight excluding hydrogens is 226 g/mol. The third kappa shape index (κ3) is 2.41. The van der Waals surface area contributed by atoms with Gasteiger partial charge in [0.2, 0.25) is 11.9 Å². The Morgan fingerprint density at radius 1 is 1.53 bits per heavy atom. The quantitative estimate of drug-likeness (QED) is 0.568. The Morgan fingerprint density at radius 3 is 2.94 bits per heavy atom. The highest BCUT2D eigenvalue weighted by atomic mass is 16.5. The lowest BCUT2D eigenvalue weighted by Gasteiger charge is -2.14. The summed E-state index contributed by atoms with van der Waals surface area (Å²) in [5.41, 5.74) is 10.3. The van der Waals surface area contributed by atoms with Crippen LogP contribution in [0.3, 0.4) is 0 Å². The number of nitrogen functional groups attached to an aromatic ring is 1. The number of primary amides is 1. The summed E-state index contributed by atoms with van der Waals surface area (Å²) in [6.45, 7) is 0.457. The van der Waals surface area contributed by atoms with Gasteiger partial charge in [-0.05, 0) is 6.42 Å². The van der Waals surface area contributed by atoms with Gasteiger partial charge >= 0.3 is 0 Å². The van der Waals surface area contributed by atoms with Gasteiger partial charge in [-0.3, -0.25) is 14.6 Å². The molecule has 1 fully saturated rings. The number of carbonyl (C=O) groups excluding carboxylic acids is 1. The van der Waals surface area contributed by atoms with Gasteiger partial charge in [-0.15, -0.1) is 10.2 Å². The third-order valence-corrected chi connectivity index (χ3v) is 2.75. The van der Waals surface area contributed by atoms with Crippen LogP contribution >= 0.6 is 0 Å². The molecule has 2 atom stereocenters. The van der Waals surface area contributed by atoms with Gasteiger partial charge in [0, 0.05) is 13.0 Å². The van der Waals surface area contributed by atoms with Crippen LogP contribution in [0, 0.1) is 5.92 Å². The minimum Gasteiger partial charge on any atom is -0.377 e. The highest BCUT2D eigenvalue weighted by molar-refractivity contribution is 5.77. The summed E-state index contributed by atoms with van der Waals surface area (Å²) < 4.78 is 5.36. The zero-order chi connectivity index (χ0) is 12.4. The predicted octanol–water partition coefficient (Wildman–Crippen LogP) is -1.82. The van der Waals surface area contributed by atoms with Crippen molar-refractivity contribution in [1.29, 1.82) is 0 Å². The van der Waals surface area contributed by atoms with E-state index in [1.54, 1.807) is 0 Å². The SMILES string of the molecule is NC(=O)C1CCOC1Cc1nnc(N)[nH]c1=O. The van der Waals surface area contributed by atoms with E-state index in [0.717, 1.165) is 0 Å². The van der Waals surface area contributed by atoms with E-state index in [1.165, 1.54) is 0 Å². The van der Waals surface area contributed by atoms with E-state index in [9.17, 15) is 9.59 Å². The second-order valence-corrected chi connectivity index (χ2v) is 3.90. The normalized spacial score (nSPS) is 23.8. The van der Waals surface area contributed by atoms with Crippen molar-refractivity contribution < 1.29 is 9.53 Å². The summed E-state index contributed by atoms with van der Waals surface area (Å²) in [7, 11) is 0. The number of H-pyrrole nitrogens is 1. The van der Waals surface area contributed by atoms with Gasteiger partial charge in [0.25, 0.3) is 5.56 Å². The van der Waals surface area contributed by atoms with E-state index in [1.807, 2.05) is 0 Å². The number of hydrogen-bond acceptors (Lipinski definition) is 6. The summed E-state index contributed by atoms with van der Waals surface area (Å²) in [6, 6.07) is 0. The van der Waals surface area contributed by atoms with Crippen molar-refractivity contribution in [3.63, 3.8) is 0 Å². The summed E-state index contributed by atoms with van der Waals surface area (Å²) >= 11 is 0. The number of ether oxygens (including phenoxy) is 1. The zero-order valence-electron chi connectivity index (χ0n) is 9.05. The molecule has 1 saturated heterocycles. The highest BCUT2D eigenvalue weighted by Gasteiger charge is 2.33. The lowest BCUT2D eigenvalue weighted by Crippen LogP contribution is -2.33. The molecule has 0 radical (unpaired) electrons. The van der Waals surface area contributed by atoms with Gasteiger partial charge < -0.3 is 16.2 Å². The maximum Gasteiger partial charge on any atom is 0.274 e. The highest BCUT2D eigenvalue weighted by Crippen LogP contribution is 2.22. The van der Waals surface area contributed by atoms with Crippen LogP contribution in [-0.2, 0) is 16.0 Å². The number of aromatic amines is 1. The van der Waals surface area contributed by atoms with Crippen LogP contribution in [0.4, 0.5) is 5.95 Å². The van der Waals surface area contributed by atoms with E-state index in [-0.39, 0.29) is 24.0 Å². The van der Waals surface area contributed by atoms with Gasteiger partial charge in [0.1, 0.15) is 5.69 Å². The van der Waals surface area contributed by atoms with Crippen molar-refractivity contribution in [2.45, 2.75) is 18.9 Å². The summed E-state index contributed by atoms with van der Waals surface area (Å²) in [6.07, 6.45) is 0.364. The van der Waals surface area contributed by atoms with Crippen LogP contribution in [0.25, 0.3) is 0 Å². The number of rotatable bonds is 3. The number of aromatic nitrogens is 3. The molecule has 2 unspecified atom stereocenters. The molecular formula is C9H13N5O3. The maximum absolute atomic E-state index is 11.5. The lowest BCUT2D eigenvalue weighted by molar-refractivity contribution is -0.123. The molecule has 17 heavy (non-hydrogen) atoms. The Morgan fingerprint density at radius 2 is 2.29 bits per heavy atom. The fourth-order valence-corrected chi connectivity index (χ4v) is 1.87. The van der Waals surface area contributed by atoms with E-state index in [2.05, 4.69) is 15.2 Å². The fraction of sp³-hybridized carbons (Fsp3) is 0.556. The predicted molar refractivity (Wildman–Crippen MR) is 57.8 cm³/mol. The molecule has 0 saturated carbocycles. The average Bonchev–Trinajstić information content (AvgIpc) is 2.70. The van der Waals surface area contributed by atoms with Crippen LogP contribution in [0.2, 0.25) is 0 Å². The third-order valence-electron chi connectivity index (χ3n) is 2.75. The lowest BCUT2D eigenvalue weighted by atomic mass is 9.97. The molecule has 1 aliphatic heterocycles. The Labute approximate surface area is 96.4 Å². The van der Waals surface area contributed by atoms with Crippen LogP contribution in [0.15, 0.2) is 4.79 Å². The maximum atomic E-state index is 11.5.